The van der Waals surface area contributed by atoms with Gasteiger partial charge in [-0.25, -0.2) is 4.98 Å². The van der Waals surface area contributed by atoms with Crippen LogP contribution in [0, 0.1) is 0 Å². The smallest absolute Gasteiger partial charge is 0.0814 e. The van der Waals surface area contributed by atoms with Crippen molar-refractivity contribution in [2.24, 2.45) is 4.99 Å². The van der Waals surface area contributed by atoms with Gasteiger partial charge in [-0.05, 0) is 48.7 Å². The van der Waals surface area contributed by atoms with Gasteiger partial charge in [-0.2, -0.15) is 0 Å². The zero-order valence-corrected chi connectivity index (χ0v) is 20.0. The fourth-order valence-corrected chi connectivity index (χ4v) is 5.02. The Kier molecular flexibility index (Phi) is 8.68. The van der Waals surface area contributed by atoms with E-state index in [-0.39, 0.29) is 0 Å². The first-order valence-corrected chi connectivity index (χ1v) is 12.4. The number of aryl methyl sites for hydroxylation is 1. The average molecular weight is 424 g/mol. The molecule has 3 nitrogen and oxygen atoms in total. The van der Waals surface area contributed by atoms with Crippen LogP contribution < -0.4 is 10.3 Å². The van der Waals surface area contributed by atoms with Gasteiger partial charge >= 0.3 is 0 Å². The highest BCUT2D eigenvalue weighted by molar-refractivity contribution is 7.21. The molecule has 0 atom stereocenters. The van der Waals surface area contributed by atoms with Crippen molar-refractivity contribution in [1.82, 2.24) is 4.98 Å². The summed E-state index contributed by atoms with van der Waals surface area (Å²) in [6.07, 6.45) is 13.4. The molecule has 1 aliphatic carbocycles. The third kappa shape index (κ3) is 6.04. The van der Waals surface area contributed by atoms with Crippen LogP contribution in [0.2, 0.25) is 0 Å². The van der Waals surface area contributed by atoms with E-state index in [0.29, 0.717) is 0 Å². The van der Waals surface area contributed by atoms with Crippen LogP contribution in [0.15, 0.2) is 35.3 Å². The van der Waals surface area contributed by atoms with Crippen LogP contribution in [-0.4, -0.2) is 26.1 Å². The second-order valence-corrected chi connectivity index (χ2v) is 9.59. The van der Waals surface area contributed by atoms with E-state index in [9.17, 15) is 0 Å². The highest BCUT2D eigenvalue weighted by atomic mass is 32.1. The van der Waals surface area contributed by atoms with Gasteiger partial charge < -0.3 is 4.90 Å². The maximum absolute atomic E-state index is 4.96. The monoisotopic (exact) mass is 423 g/mol. The molecule has 0 N–H and O–H groups in total. The number of hydrogen-bond acceptors (Lipinski definition) is 4. The third-order valence-corrected chi connectivity index (χ3v) is 6.97. The Balaban J connectivity index is 1.66. The molecule has 0 amide bonds. The Morgan fingerprint density at radius 2 is 1.60 bits per heavy atom. The van der Waals surface area contributed by atoms with Crippen molar-refractivity contribution in [2.45, 2.75) is 71.1 Å². The standard InChI is InChI=1S/C26H37N3S/c1-5-6-7-8-9-10-11-12-13-14-20-17-24-26(19-23(20)27-2)30-25-18-21(29(3)4)15-16-22(25)28-24/h15-19H,5-14H2,1-4H3. The van der Waals surface area contributed by atoms with Gasteiger partial charge in [-0.15, -0.1) is 11.3 Å². The number of rotatable bonds is 11. The molecule has 0 bridgehead atoms. The second-order valence-electron chi connectivity index (χ2n) is 8.51. The second kappa shape index (κ2) is 11.5. The summed E-state index contributed by atoms with van der Waals surface area (Å²) >= 11 is 1.81. The lowest BCUT2D eigenvalue weighted by Crippen LogP contribution is -2.11. The number of anilines is 1. The number of unbranched alkanes of at least 4 members (excludes halogenated alkanes) is 8. The molecule has 162 valence electrons. The molecular weight excluding hydrogens is 386 g/mol. The number of aromatic nitrogens is 1. The van der Waals surface area contributed by atoms with Crippen molar-refractivity contribution in [3.8, 4) is 10.6 Å². The molecular formula is C26H37N3S. The van der Waals surface area contributed by atoms with Gasteiger partial charge in [-0.3, -0.25) is 4.99 Å². The van der Waals surface area contributed by atoms with Crippen LogP contribution >= 0.6 is 11.3 Å². The Morgan fingerprint density at radius 3 is 2.27 bits per heavy atom. The van der Waals surface area contributed by atoms with E-state index in [1.54, 1.807) is 0 Å². The summed E-state index contributed by atoms with van der Waals surface area (Å²) in [4.78, 5) is 12.9. The molecule has 4 heteroatoms. The van der Waals surface area contributed by atoms with E-state index in [1.807, 2.05) is 18.4 Å². The van der Waals surface area contributed by atoms with Crippen LogP contribution in [-0.2, 0) is 6.42 Å². The van der Waals surface area contributed by atoms with Gasteiger partial charge in [0.05, 0.1) is 26.1 Å². The van der Waals surface area contributed by atoms with Gasteiger partial charge in [-0.1, -0.05) is 58.3 Å². The molecule has 0 radical (unpaired) electrons. The van der Waals surface area contributed by atoms with Crippen LogP contribution in [0.3, 0.4) is 0 Å². The van der Waals surface area contributed by atoms with Gasteiger partial charge in [0.15, 0.2) is 0 Å². The van der Waals surface area contributed by atoms with Gasteiger partial charge in [0, 0.05) is 26.8 Å². The van der Waals surface area contributed by atoms with Crippen LogP contribution in [0.5, 0.6) is 0 Å². The minimum atomic E-state index is 1.08. The lowest BCUT2D eigenvalue weighted by atomic mass is 10.0. The van der Waals surface area contributed by atoms with Gasteiger partial charge in [0.2, 0.25) is 0 Å². The normalized spacial score (nSPS) is 12.2. The quantitative estimate of drug-likeness (QED) is 0.244. The molecule has 0 spiro atoms. The minimum Gasteiger partial charge on any atom is -0.378 e. The van der Waals surface area contributed by atoms with Crippen LogP contribution in [0.1, 0.15) is 70.3 Å². The summed E-state index contributed by atoms with van der Waals surface area (Å²) in [5.74, 6) is 0. The lowest BCUT2D eigenvalue weighted by Gasteiger charge is -2.14. The Labute approximate surface area is 186 Å². The first-order chi connectivity index (χ1) is 14.6. The molecule has 0 unspecified atom stereocenters. The van der Waals surface area contributed by atoms with Crippen molar-refractivity contribution in [2.75, 3.05) is 26.0 Å². The topological polar surface area (TPSA) is 28.5 Å². The van der Waals surface area contributed by atoms with E-state index in [4.69, 9.17) is 4.98 Å². The molecule has 1 aromatic carbocycles. The zero-order chi connectivity index (χ0) is 21.3. The number of fused-ring (bicyclic) bond motifs is 2. The number of benzene rings is 2. The molecule has 1 aromatic rings. The Morgan fingerprint density at radius 1 is 0.900 bits per heavy atom. The predicted octanol–water partition coefficient (Wildman–Crippen LogP) is 7.07. The molecule has 2 aliphatic rings. The third-order valence-electron chi connectivity index (χ3n) is 5.87. The van der Waals surface area contributed by atoms with Crippen molar-refractivity contribution in [3.05, 3.63) is 41.3 Å². The summed E-state index contributed by atoms with van der Waals surface area (Å²) in [5.41, 5.74) is 4.73. The molecule has 0 aromatic heterocycles. The van der Waals surface area contributed by atoms with E-state index in [2.05, 4.69) is 61.2 Å². The predicted molar refractivity (Wildman–Crippen MR) is 133 cm³/mol. The first-order valence-electron chi connectivity index (χ1n) is 11.6. The van der Waals surface area contributed by atoms with Gasteiger partial charge in [0.25, 0.3) is 0 Å². The summed E-state index contributed by atoms with van der Waals surface area (Å²) in [6.45, 7) is 2.28. The summed E-state index contributed by atoms with van der Waals surface area (Å²) < 4.78 is 1.22. The van der Waals surface area contributed by atoms with E-state index < -0.39 is 0 Å². The average Bonchev–Trinajstić information content (AvgIpc) is 2.75. The summed E-state index contributed by atoms with van der Waals surface area (Å²) in [5, 5.41) is 1.13. The summed E-state index contributed by atoms with van der Waals surface area (Å²) in [6, 6.07) is 11.0. The van der Waals surface area contributed by atoms with Crippen molar-refractivity contribution >= 4 is 27.2 Å². The van der Waals surface area contributed by atoms with E-state index >= 15 is 0 Å². The molecule has 3 rings (SSSR count). The maximum Gasteiger partial charge on any atom is 0.0814 e. The van der Waals surface area contributed by atoms with Crippen molar-refractivity contribution < 1.29 is 0 Å². The zero-order valence-electron chi connectivity index (χ0n) is 19.2. The molecule has 0 saturated carbocycles. The van der Waals surface area contributed by atoms with Crippen molar-refractivity contribution in [1.29, 1.82) is 0 Å². The molecule has 1 aliphatic heterocycles. The molecule has 30 heavy (non-hydrogen) atoms. The minimum absolute atomic E-state index is 1.08. The molecule has 1 heterocycles. The molecule has 0 fully saturated rings. The highest BCUT2D eigenvalue weighted by Gasteiger charge is 2.11. The largest absolute Gasteiger partial charge is 0.378 e. The van der Waals surface area contributed by atoms with Crippen LogP contribution in [0.4, 0.5) is 5.69 Å². The van der Waals surface area contributed by atoms with Crippen molar-refractivity contribution in [3.63, 3.8) is 0 Å². The maximum atomic E-state index is 4.96. The molecule has 0 saturated heterocycles. The fraction of sp³-hybridized carbons (Fsp3) is 0.538. The fourth-order valence-electron chi connectivity index (χ4n) is 4.01. The summed E-state index contributed by atoms with van der Waals surface area (Å²) in [7, 11) is 6.06. The van der Waals surface area contributed by atoms with E-state index in [1.165, 1.54) is 78.6 Å². The number of nitrogens with zero attached hydrogens (tertiary/aromatic N) is 3. The highest BCUT2D eigenvalue weighted by Crippen LogP contribution is 2.32. The van der Waals surface area contributed by atoms with Crippen LogP contribution in [0.25, 0.3) is 20.8 Å². The van der Waals surface area contributed by atoms with E-state index in [0.717, 1.165) is 23.0 Å². The lowest BCUT2D eigenvalue weighted by molar-refractivity contribution is 0.564. The first kappa shape index (κ1) is 22.7. The number of hydrogen-bond donors (Lipinski definition) is 0. The Bertz CT molecular complexity index is 974. The SMILES string of the molecule is CCCCCCCCCCCc1cc2nc3ccc(N(C)C)cc3sc-2cc1=NC. The Hall–Kier alpha value is -1.94. The van der Waals surface area contributed by atoms with Gasteiger partial charge in [0.1, 0.15) is 0 Å².